The van der Waals surface area contributed by atoms with Crippen LogP contribution in [-0.2, 0) is 17.8 Å². The van der Waals surface area contributed by atoms with Gasteiger partial charge in [0, 0.05) is 36.6 Å². The number of nitrogens with zero attached hydrogens (tertiary/aromatic N) is 3. The van der Waals surface area contributed by atoms with Gasteiger partial charge in [-0.25, -0.2) is 0 Å². The van der Waals surface area contributed by atoms with Gasteiger partial charge in [0.25, 0.3) is 0 Å². The quantitative estimate of drug-likeness (QED) is 0.841. The van der Waals surface area contributed by atoms with Crippen molar-refractivity contribution in [3.05, 3.63) is 35.5 Å². The van der Waals surface area contributed by atoms with Gasteiger partial charge in [-0.05, 0) is 58.5 Å². The molecule has 130 valence electrons. The monoisotopic (exact) mass is 327 g/mol. The third-order valence-corrected chi connectivity index (χ3v) is 5.22. The van der Waals surface area contributed by atoms with E-state index in [4.69, 9.17) is 0 Å². The molecule has 1 aromatic heterocycles. The second kappa shape index (κ2) is 6.98. The maximum Gasteiger partial charge on any atom is 0.220 e. The molecule has 0 radical (unpaired) electrons. The second-order valence-corrected chi connectivity index (χ2v) is 7.05. The van der Waals surface area contributed by atoms with Crippen molar-refractivity contribution in [2.45, 2.75) is 45.7 Å². The number of hydrogen-bond acceptors (Lipinski definition) is 2. The highest BCUT2D eigenvalue weighted by molar-refractivity contribution is 5.87. The Morgan fingerprint density at radius 3 is 2.71 bits per heavy atom. The van der Waals surface area contributed by atoms with Crippen molar-refractivity contribution < 1.29 is 4.79 Å². The smallest absolute Gasteiger partial charge is 0.220 e. The van der Waals surface area contributed by atoms with E-state index in [9.17, 15) is 4.79 Å². The summed E-state index contributed by atoms with van der Waals surface area (Å²) in [5.41, 5.74) is 4.15. The first-order valence-corrected chi connectivity index (χ1v) is 9.06. The highest BCUT2D eigenvalue weighted by Gasteiger charge is 2.33. The van der Waals surface area contributed by atoms with Crippen molar-refractivity contribution >= 4 is 16.8 Å². The highest BCUT2D eigenvalue weighted by Crippen LogP contribution is 2.39. The summed E-state index contributed by atoms with van der Waals surface area (Å²) in [7, 11) is 4.22. The Bertz CT molecular complexity index is 699. The Balaban J connectivity index is 2.06. The van der Waals surface area contributed by atoms with Crippen LogP contribution in [0, 0.1) is 0 Å². The minimum atomic E-state index is 0.198. The first kappa shape index (κ1) is 17.0. The van der Waals surface area contributed by atoms with Crippen molar-refractivity contribution in [2.24, 2.45) is 0 Å². The van der Waals surface area contributed by atoms with E-state index in [1.165, 1.54) is 22.2 Å². The molecule has 1 aliphatic heterocycles. The van der Waals surface area contributed by atoms with Gasteiger partial charge in [-0.1, -0.05) is 18.2 Å². The topological polar surface area (TPSA) is 28.5 Å². The zero-order valence-corrected chi connectivity index (χ0v) is 15.4. The molecule has 1 aliphatic rings. The molecule has 0 saturated carbocycles. The molecule has 1 unspecified atom stereocenters. The summed E-state index contributed by atoms with van der Waals surface area (Å²) in [5.74, 6) is 0.198. The number of hydrogen-bond donors (Lipinski definition) is 0. The van der Waals surface area contributed by atoms with Crippen LogP contribution in [0.5, 0.6) is 0 Å². The number of benzene rings is 1. The molecule has 4 heteroatoms. The molecule has 0 N–H and O–H groups in total. The van der Waals surface area contributed by atoms with Gasteiger partial charge in [-0.2, -0.15) is 0 Å². The van der Waals surface area contributed by atoms with Gasteiger partial charge in [0.15, 0.2) is 0 Å². The summed E-state index contributed by atoms with van der Waals surface area (Å²) in [6.07, 6.45) is 3.10. The fourth-order valence-electron chi connectivity index (χ4n) is 4.19. The lowest BCUT2D eigenvalue weighted by atomic mass is 9.94. The zero-order chi connectivity index (χ0) is 17.3. The molecule has 0 spiro atoms. The number of fused-ring (bicyclic) bond motifs is 3. The lowest BCUT2D eigenvalue weighted by molar-refractivity contribution is -0.132. The molecular formula is C20H29N3O. The first-order valence-electron chi connectivity index (χ1n) is 9.06. The SMILES string of the molecule is CCn1c2c(c3ccccc31)CCN(C(C)=O)C2CCCN(C)C. The summed E-state index contributed by atoms with van der Waals surface area (Å²) < 4.78 is 2.43. The summed E-state index contributed by atoms with van der Waals surface area (Å²) in [6.45, 7) is 6.77. The number of carbonyl (C=O) groups excluding carboxylic acids is 1. The van der Waals surface area contributed by atoms with Crippen LogP contribution in [-0.4, -0.2) is 47.5 Å². The van der Waals surface area contributed by atoms with Crippen molar-refractivity contribution in [3.8, 4) is 0 Å². The number of rotatable bonds is 5. The molecular weight excluding hydrogens is 298 g/mol. The van der Waals surface area contributed by atoms with Gasteiger partial charge in [-0.3, -0.25) is 4.79 Å². The van der Waals surface area contributed by atoms with Crippen LogP contribution in [0.4, 0.5) is 0 Å². The van der Waals surface area contributed by atoms with Crippen LogP contribution in [0.2, 0.25) is 0 Å². The van der Waals surface area contributed by atoms with Crippen LogP contribution < -0.4 is 0 Å². The maximum absolute atomic E-state index is 12.2. The molecule has 2 heterocycles. The van der Waals surface area contributed by atoms with Crippen molar-refractivity contribution in [3.63, 3.8) is 0 Å². The van der Waals surface area contributed by atoms with Crippen LogP contribution >= 0.6 is 0 Å². The van der Waals surface area contributed by atoms with Gasteiger partial charge in [-0.15, -0.1) is 0 Å². The Morgan fingerprint density at radius 1 is 1.29 bits per heavy atom. The van der Waals surface area contributed by atoms with Gasteiger partial charge in [0.05, 0.1) is 6.04 Å². The standard InChI is InChI=1S/C20H29N3O/c1-5-22-18-10-7-6-9-16(18)17-12-14-23(15(2)24)19(20(17)22)11-8-13-21(3)4/h6-7,9-10,19H,5,8,11-14H2,1-4H3. The third-order valence-electron chi connectivity index (χ3n) is 5.22. The fraction of sp³-hybridized carbons (Fsp3) is 0.550. The maximum atomic E-state index is 12.2. The molecule has 1 atom stereocenters. The Kier molecular flexibility index (Phi) is 4.95. The van der Waals surface area contributed by atoms with Gasteiger partial charge in [0.2, 0.25) is 5.91 Å². The molecule has 1 aromatic carbocycles. The van der Waals surface area contributed by atoms with E-state index in [0.29, 0.717) is 0 Å². The minimum Gasteiger partial charge on any atom is -0.343 e. The van der Waals surface area contributed by atoms with E-state index >= 15 is 0 Å². The van der Waals surface area contributed by atoms with Gasteiger partial charge < -0.3 is 14.4 Å². The number of para-hydroxylation sites is 1. The van der Waals surface area contributed by atoms with Crippen molar-refractivity contribution in [1.82, 2.24) is 14.4 Å². The Hall–Kier alpha value is -1.81. The van der Waals surface area contributed by atoms with Crippen LogP contribution in [0.3, 0.4) is 0 Å². The lowest BCUT2D eigenvalue weighted by Gasteiger charge is -2.37. The summed E-state index contributed by atoms with van der Waals surface area (Å²) in [4.78, 5) is 16.5. The van der Waals surface area contributed by atoms with E-state index in [1.54, 1.807) is 6.92 Å². The predicted octanol–water partition coefficient (Wildman–Crippen LogP) is 3.45. The Labute approximate surface area is 145 Å². The molecule has 0 fully saturated rings. The van der Waals surface area contributed by atoms with E-state index < -0.39 is 0 Å². The van der Waals surface area contributed by atoms with E-state index in [-0.39, 0.29) is 11.9 Å². The highest BCUT2D eigenvalue weighted by atomic mass is 16.2. The summed E-state index contributed by atoms with van der Waals surface area (Å²) in [6, 6.07) is 8.90. The molecule has 0 aliphatic carbocycles. The molecule has 4 nitrogen and oxygen atoms in total. The molecule has 0 saturated heterocycles. The molecule has 0 bridgehead atoms. The number of carbonyl (C=O) groups is 1. The fourth-order valence-corrected chi connectivity index (χ4v) is 4.19. The molecule has 2 aromatic rings. The van der Waals surface area contributed by atoms with Crippen LogP contribution in [0.1, 0.15) is 44.0 Å². The van der Waals surface area contributed by atoms with E-state index in [0.717, 1.165) is 38.9 Å². The lowest BCUT2D eigenvalue weighted by Crippen LogP contribution is -2.39. The van der Waals surface area contributed by atoms with E-state index in [2.05, 4.69) is 59.7 Å². The average Bonchev–Trinajstić information content (AvgIpc) is 2.88. The number of aromatic nitrogens is 1. The minimum absolute atomic E-state index is 0.198. The Morgan fingerprint density at radius 2 is 2.04 bits per heavy atom. The zero-order valence-electron chi connectivity index (χ0n) is 15.4. The average molecular weight is 327 g/mol. The molecule has 3 rings (SSSR count). The first-order chi connectivity index (χ1) is 11.5. The third kappa shape index (κ3) is 2.95. The van der Waals surface area contributed by atoms with Crippen molar-refractivity contribution in [2.75, 3.05) is 27.2 Å². The van der Waals surface area contributed by atoms with Gasteiger partial charge in [0.1, 0.15) is 0 Å². The van der Waals surface area contributed by atoms with Gasteiger partial charge >= 0.3 is 0 Å². The largest absolute Gasteiger partial charge is 0.343 e. The van der Waals surface area contributed by atoms with E-state index in [1.807, 2.05) is 0 Å². The molecule has 1 amide bonds. The van der Waals surface area contributed by atoms with Crippen LogP contribution in [0.15, 0.2) is 24.3 Å². The summed E-state index contributed by atoms with van der Waals surface area (Å²) in [5, 5.41) is 1.37. The molecule has 24 heavy (non-hydrogen) atoms. The second-order valence-electron chi connectivity index (χ2n) is 7.05. The number of amides is 1. The predicted molar refractivity (Wildman–Crippen MR) is 99.2 cm³/mol. The number of aryl methyl sites for hydroxylation is 1. The summed E-state index contributed by atoms with van der Waals surface area (Å²) >= 11 is 0. The van der Waals surface area contributed by atoms with Crippen molar-refractivity contribution in [1.29, 1.82) is 0 Å². The normalized spacial score (nSPS) is 17.5. The van der Waals surface area contributed by atoms with Crippen LogP contribution in [0.25, 0.3) is 10.9 Å².